The average Bonchev–Trinajstić information content (AvgIpc) is 3.22. The number of fused-ring (bicyclic) bond motifs is 2. The van der Waals surface area contributed by atoms with E-state index in [4.69, 9.17) is 27.9 Å². The van der Waals surface area contributed by atoms with Crippen LogP contribution in [0.3, 0.4) is 0 Å². The van der Waals surface area contributed by atoms with Gasteiger partial charge in [0.15, 0.2) is 6.29 Å². The number of benzene rings is 1. The summed E-state index contributed by atoms with van der Waals surface area (Å²) in [7, 11) is 0. The van der Waals surface area contributed by atoms with Crippen molar-refractivity contribution in [2.24, 2.45) is 0 Å². The Hall–Kier alpha value is -1.58. The zero-order valence-electron chi connectivity index (χ0n) is 14.6. The summed E-state index contributed by atoms with van der Waals surface area (Å²) in [5.74, 6) is 0.319. The van der Waals surface area contributed by atoms with E-state index in [0.29, 0.717) is 55.5 Å². The number of rotatable bonds is 4. The van der Waals surface area contributed by atoms with Gasteiger partial charge >= 0.3 is 6.18 Å². The SMILES string of the molecule is OC(O)Cc1csc2c(Cl)c(OC3CCc4nc(C(F)(F)F)ccc43)cc(Cl)c12. The topological polar surface area (TPSA) is 62.6 Å². The molecule has 0 amide bonds. The molecule has 0 fully saturated rings. The van der Waals surface area contributed by atoms with Gasteiger partial charge in [-0.05, 0) is 29.9 Å². The van der Waals surface area contributed by atoms with E-state index in [1.54, 1.807) is 11.4 Å². The van der Waals surface area contributed by atoms with Crippen LogP contribution in [0.25, 0.3) is 10.1 Å². The molecule has 3 aromatic rings. The number of aromatic nitrogens is 1. The standard InChI is InChI=1S/C19H14Cl2F3NO3S/c20-10-6-13(17(21)18-16(10)8(7-29-18)5-15(26)27)28-12-3-2-11-9(12)1-4-14(25-11)19(22,23)24/h1,4,6-7,12,15,26-27H,2-3,5H2. The van der Waals surface area contributed by atoms with Gasteiger partial charge < -0.3 is 14.9 Å². The van der Waals surface area contributed by atoms with Crippen LogP contribution in [0.1, 0.15) is 35.0 Å². The number of aliphatic hydroxyl groups excluding tert-OH is 1. The van der Waals surface area contributed by atoms with E-state index in [9.17, 15) is 23.4 Å². The Bertz CT molecular complexity index is 1080. The number of thiophene rings is 1. The van der Waals surface area contributed by atoms with Crippen molar-refractivity contribution in [3.63, 3.8) is 0 Å². The molecule has 29 heavy (non-hydrogen) atoms. The lowest BCUT2D eigenvalue weighted by Crippen LogP contribution is -2.10. The van der Waals surface area contributed by atoms with Gasteiger partial charge in [-0.3, -0.25) is 0 Å². The van der Waals surface area contributed by atoms with Crippen LogP contribution in [0.4, 0.5) is 13.2 Å². The van der Waals surface area contributed by atoms with Gasteiger partial charge in [0, 0.05) is 29.1 Å². The molecule has 4 rings (SSSR count). The summed E-state index contributed by atoms with van der Waals surface area (Å²) in [4.78, 5) is 3.73. The predicted octanol–water partition coefficient (Wildman–Crippen LogP) is 5.54. The number of hydrogen-bond donors (Lipinski definition) is 2. The van der Waals surface area contributed by atoms with Crippen molar-refractivity contribution in [1.29, 1.82) is 0 Å². The quantitative estimate of drug-likeness (QED) is 0.498. The summed E-state index contributed by atoms with van der Waals surface area (Å²) < 4.78 is 45.3. The van der Waals surface area contributed by atoms with Gasteiger partial charge in [-0.2, -0.15) is 13.2 Å². The molecule has 2 aromatic heterocycles. The maximum Gasteiger partial charge on any atom is 0.433 e. The molecule has 10 heteroatoms. The molecular weight excluding hydrogens is 450 g/mol. The first-order chi connectivity index (χ1) is 13.6. The number of halogens is 5. The molecule has 2 heterocycles. The van der Waals surface area contributed by atoms with Crippen molar-refractivity contribution in [2.75, 3.05) is 0 Å². The zero-order valence-corrected chi connectivity index (χ0v) is 17.0. The van der Waals surface area contributed by atoms with Crippen molar-refractivity contribution in [1.82, 2.24) is 4.98 Å². The first kappa shape index (κ1) is 20.7. The maximum atomic E-state index is 12.9. The number of aliphatic hydroxyl groups is 2. The lowest BCUT2D eigenvalue weighted by molar-refractivity contribution is -0.141. The van der Waals surface area contributed by atoms with Crippen LogP contribution in [0.2, 0.25) is 10.0 Å². The van der Waals surface area contributed by atoms with Gasteiger partial charge in [0.1, 0.15) is 22.6 Å². The summed E-state index contributed by atoms with van der Waals surface area (Å²) in [6.45, 7) is 0. The van der Waals surface area contributed by atoms with Crippen molar-refractivity contribution >= 4 is 44.6 Å². The van der Waals surface area contributed by atoms with Crippen molar-refractivity contribution in [3.05, 3.63) is 56.1 Å². The summed E-state index contributed by atoms with van der Waals surface area (Å²) in [6.07, 6.45) is -5.63. The van der Waals surface area contributed by atoms with Crippen molar-refractivity contribution < 1.29 is 28.1 Å². The van der Waals surface area contributed by atoms with E-state index in [-0.39, 0.29) is 6.42 Å². The Morgan fingerprint density at radius 1 is 1.28 bits per heavy atom. The number of alkyl halides is 3. The zero-order chi connectivity index (χ0) is 20.9. The smallest absolute Gasteiger partial charge is 0.433 e. The molecule has 0 saturated carbocycles. The molecule has 154 valence electrons. The molecular formula is C19H14Cl2F3NO3S. The van der Waals surface area contributed by atoms with Crippen molar-refractivity contribution in [2.45, 2.75) is 37.8 Å². The fourth-order valence-corrected chi connectivity index (χ4v) is 5.21. The van der Waals surface area contributed by atoms with Crippen LogP contribution in [0.5, 0.6) is 5.75 Å². The Labute approximate surface area is 177 Å². The van der Waals surface area contributed by atoms with E-state index in [0.717, 1.165) is 6.07 Å². The third-order valence-corrected chi connectivity index (χ3v) is 6.57. The van der Waals surface area contributed by atoms with Crippen LogP contribution >= 0.6 is 34.5 Å². The molecule has 0 saturated heterocycles. The molecule has 0 radical (unpaired) electrons. The van der Waals surface area contributed by atoms with Gasteiger partial charge in [-0.1, -0.05) is 29.3 Å². The largest absolute Gasteiger partial charge is 0.484 e. The maximum absolute atomic E-state index is 12.9. The molecule has 1 unspecified atom stereocenters. The third kappa shape index (κ3) is 3.92. The predicted molar refractivity (Wildman–Crippen MR) is 105 cm³/mol. The van der Waals surface area contributed by atoms with Gasteiger partial charge in [0.25, 0.3) is 0 Å². The highest BCUT2D eigenvalue weighted by Crippen LogP contribution is 2.45. The Morgan fingerprint density at radius 2 is 2.03 bits per heavy atom. The highest BCUT2D eigenvalue weighted by Gasteiger charge is 2.35. The number of hydrogen-bond acceptors (Lipinski definition) is 5. The molecule has 0 aliphatic heterocycles. The Kier molecular flexibility index (Phi) is 5.41. The van der Waals surface area contributed by atoms with Gasteiger partial charge in [-0.25, -0.2) is 4.98 Å². The molecule has 2 N–H and O–H groups in total. The second-order valence-corrected chi connectivity index (χ2v) is 8.36. The van der Waals surface area contributed by atoms with E-state index < -0.39 is 24.3 Å². The minimum absolute atomic E-state index is 0.0134. The van der Waals surface area contributed by atoms with E-state index in [2.05, 4.69) is 4.98 Å². The third-order valence-electron chi connectivity index (χ3n) is 4.74. The molecule has 1 aliphatic rings. The molecule has 1 aromatic carbocycles. The molecule has 0 bridgehead atoms. The number of ether oxygens (including phenoxy) is 1. The van der Waals surface area contributed by atoms with Crippen LogP contribution in [-0.2, 0) is 19.0 Å². The minimum atomic E-state index is -4.49. The van der Waals surface area contributed by atoms with E-state index in [1.807, 2.05) is 0 Å². The van der Waals surface area contributed by atoms with E-state index >= 15 is 0 Å². The molecule has 1 atom stereocenters. The highest BCUT2D eigenvalue weighted by molar-refractivity contribution is 7.18. The van der Waals surface area contributed by atoms with Crippen LogP contribution < -0.4 is 4.74 Å². The highest BCUT2D eigenvalue weighted by atomic mass is 35.5. The van der Waals surface area contributed by atoms with Gasteiger partial charge in [0.05, 0.1) is 9.72 Å². The van der Waals surface area contributed by atoms with Crippen LogP contribution in [-0.4, -0.2) is 21.5 Å². The minimum Gasteiger partial charge on any atom is -0.484 e. The Morgan fingerprint density at radius 3 is 2.72 bits per heavy atom. The summed E-state index contributed by atoms with van der Waals surface area (Å²) in [6, 6.07) is 3.88. The first-order valence-corrected chi connectivity index (χ1v) is 10.3. The van der Waals surface area contributed by atoms with Crippen LogP contribution in [0.15, 0.2) is 23.6 Å². The normalized spacial score (nSPS) is 16.6. The molecule has 4 nitrogen and oxygen atoms in total. The molecule has 1 aliphatic carbocycles. The van der Waals surface area contributed by atoms with Crippen molar-refractivity contribution in [3.8, 4) is 5.75 Å². The van der Waals surface area contributed by atoms with Gasteiger partial charge in [0.2, 0.25) is 0 Å². The monoisotopic (exact) mass is 463 g/mol. The average molecular weight is 464 g/mol. The fourth-order valence-electron chi connectivity index (χ4n) is 3.47. The lowest BCUT2D eigenvalue weighted by Gasteiger charge is -2.17. The first-order valence-electron chi connectivity index (χ1n) is 8.63. The van der Waals surface area contributed by atoms with E-state index in [1.165, 1.54) is 17.4 Å². The number of aryl methyl sites for hydroxylation is 1. The number of nitrogens with zero attached hydrogens (tertiary/aromatic N) is 1. The Balaban J connectivity index is 1.66. The number of pyridine rings is 1. The summed E-state index contributed by atoms with van der Waals surface area (Å²) >= 11 is 14.2. The van der Waals surface area contributed by atoms with Crippen LogP contribution in [0, 0.1) is 0 Å². The molecule has 0 spiro atoms. The second kappa shape index (κ2) is 7.59. The summed E-state index contributed by atoms with van der Waals surface area (Å²) in [5.41, 5.74) is 0.703. The van der Waals surface area contributed by atoms with Gasteiger partial charge in [-0.15, -0.1) is 11.3 Å². The fraction of sp³-hybridized carbons (Fsp3) is 0.316. The second-order valence-electron chi connectivity index (χ2n) is 6.70. The summed E-state index contributed by atoms with van der Waals surface area (Å²) in [5, 5.41) is 21.5. The lowest BCUT2D eigenvalue weighted by atomic mass is 10.1.